The van der Waals surface area contributed by atoms with Crippen LogP contribution in [-0.4, -0.2) is 39.7 Å². The highest BCUT2D eigenvalue weighted by atomic mass is 16.2. The maximum Gasteiger partial charge on any atom is 0.251 e. The standard InChI is InChI=1S/C17H16N6O3/c1-10(24)19-12-3-2-4-13(8-12)20-16(25)9-18-17(26)11-5-6-14-15(7-11)22-23-21-14/h2-8H,9H2,1H3,(H,18,26)(H,19,24)(H,20,25)(H,21,22,23). The first-order valence-corrected chi connectivity index (χ1v) is 7.78. The second-order valence-electron chi connectivity index (χ2n) is 5.54. The lowest BCUT2D eigenvalue weighted by molar-refractivity contribution is -0.115. The number of amides is 3. The van der Waals surface area contributed by atoms with Gasteiger partial charge in [-0.15, -0.1) is 5.10 Å². The Hall–Kier alpha value is -3.75. The van der Waals surface area contributed by atoms with Crippen LogP contribution in [0.4, 0.5) is 11.4 Å². The Kier molecular flexibility index (Phi) is 4.88. The fourth-order valence-electron chi connectivity index (χ4n) is 2.33. The lowest BCUT2D eigenvalue weighted by Gasteiger charge is -2.09. The van der Waals surface area contributed by atoms with Gasteiger partial charge in [0, 0.05) is 23.9 Å². The summed E-state index contributed by atoms with van der Waals surface area (Å²) in [7, 11) is 0. The summed E-state index contributed by atoms with van der Waals surface area (Å²) in [5.41, 5.74) is 2.76. The number of aromatic nitrogens is 3. The van der Waals surface area contributed by atoms with Gasteiger partial charge in [0.05, 0.1) is 12.1 Å². The van der Waals surface area contributed by atoms with E-state index in [1.165, 1.54) is 6.92 Å². The van der Waals surface area contributed by atoms with E-state index in [0.717, 1.165) is 0 Å². The number of nitrogens with one attached hydrogen (secondary N) is 4. The highest BCUT2D eigenvalue weighted by molar-refractivity contribution is 6.01. The molecule has 0 bridgehead atoms. The van der Waals surface area contributed by atoms with E-state index in [0.29, 0.717) is 28.0 Å². The van der Waals surface area contributed by atoms with E-state index in [1.807, 2.05) is 0 Å². The Balaban J connectivity index is 1.56. The third-order valence-corrected chi connectivity index (χ3v) is 3.46. The van der Waals surface area contributed by atoms with Crippen molar-refractivity contribution in [1.82, 2.24) is 20.7 Å². The third-order valence-electron chi connectivity index (χ3n) is 3.46. The first kappa shape index (κ1) is 17.1. The molecule has 0 aliphatic rings. The van der Waals surface area contributed by atoms with Crippen molar-refractivity contribution in [3.63, 3.8) is 0 Å². The zero-order valence-corrected chi connectivity index (χ0v) is 13.9. The van der Waals surface area contributed by atoms with Crippen molar-refractivity contribution < 1.29 is 14.4 Å². The summed E-state index contributed by atoms with van der Waals surface area (Å²) in [5.74, 6) is -0.976. The SMILES string of the molecule is CC(=O)Nc1cccc(NC(=O)CNC(=O)c2ccc3nn[nH]c3c2)c1. The maximum atomic E-state index is 12.1. The Bertz CT molecular complexity index is 981. The Morgan fingerprint density at radius 1 is 1.04 bits per heavy atom. The van der Waals surface area contributed by atoms with Gasteiger partial charge in [0.15, 0.2) is 0 Å². The van der Waals surface area contributed by atoms with Gasteiger partial charge in [-0.25, -0.2) is 0 Å². The molecule has 3 rings (SSSR count). The van der Waals surface area contributed by atoms with E-state index >= 15 is 0 Å². The number of carbonyl (C=O) groups is 3. The van der Waals surface area contributed by atoms with Crippen LogP contribution in [0.5, 0.6) is 0 Å². The number of aromatic amines is 1. The molecule has 0 aliphatic heterocycles. The fourth-order valence-corrected chi connectivity index (χ4v) is 2.33. The van der Waals surface area contributed by atoms with Crippen molar-refractivity contribution >= 4 is 40.1 Å². The van der Waals surface area contributed by atoms with Crippen molar-refractivity contribution in [2.45, 2.75) is 6.92 Å². The van der Waals surface area contributed by atoms with E-state index in [1.54, 1.807) is 42.5 Å². The minimum absolute atomic E-state index is 0.192. The molecule has 0 unspecified atom stereocenters. The van der Waals surface area contributed by atoms with E-state index in [4.69, 9.17) is 0 Å². The van der Waals surface area contributed by atoms with Crippen molar-refractivity contribution in [2.24, 2.45) is 0 Å². The van der Waals surface area contributed by atoms with Gasteiger partial charge in [-0.3, -0.25) is 19.5 Å². The molecule has 3 aromatic rings. The predicted octanol–water partition coefficient (Wildman–Crippen LogP) is 1.28. The molecule has 0 saturated carbocycles. The molecule has 9 nitrogen and oxygen atoms in total. The first-order chi connectivity index (χ1) is 12.5. The summed E-state index contributed by atoms with van der Waals surface area (Å²) in [6, 6.07) is 11.6. The normalized spacial score (nSPS) is 10.3. The smallest absolute Gasteiger partial charge is 0.251 e. The molecule has 1 heterocycles. The van der Waals surface area contributed by atoms with Gasteiger partial charge < -0.3 is 16.0 Å². The van der Waals surface area contributed by atoms with Crippen LogP contribution in [0.15, 0.2) is 42.5 Å². The molecular weight excluding hydrogens is 336 g/mol. The van der Waals surface area contributed by atoms with Gasteiger partial charge in [0.2, 0.25) is 11.8 Å². The van der Waals surface area contributed by atoms with Crippen molar-refractivity contribution in [1.29, 1.82) is 0 Å². The highest BCUT2D eigenvalue weighted by Gasteiger charge is 2.10. The number of benzene rings is 2. The van der Waals surface area contributed by atoms with Crippen molar-refractivity contribution in [3.05, 3.63) is 48.0 Å². The van der Waals surface area contributed by atoms with Gasteiger partial charge in [-0.05, 0) is 36.4 Å². The number of rotatable bonds is 5. The van der Waals surface area contributed by atoms with Gasteiger partial charge in [0.25, 0.3) is 5.91 Å². The number of hydrogen-bond acceptors (Lipinski definition) is 5. The monoisotopic (exact) mass is 352 g/mol. The second-order valence-corrected chi connectivity index (χ2v) is 5.54. The summed E-state index contributed by atoms with van der Waals surface area (Å²) in [4.78, 5) is 35.2. The quantitative estimate of drug-likeness (QED) is 0.550. The fraction of sp³-hybridized carbons (Fsp3) is 0.118. The van der Waals surface area contributed by atoms with Crippen LogP contribution in [0.25, 0.3) is 11.0 Å². The van der Waals surface area contributed by atoms with Crippen LogP contribution in [0.1, 0.15) is 17.3 Å². The van der Waals surface area contributed by atoms with Crippen LogP contribution in [0.2, 0.25) is 0 Å². The van der Waals surface area contributed by atoms with Gasteiger partial charge >= 0.3 is 0 Å². The summed E-state index contributed by atoms with van der Waals surface area (Å²) in [5, 5.41) is 18.0. The molecule has 0 atom stereocenters. The molecule has 0 radical (unpaired) electrons. The van der Waals surface area contributed by atoms with Crippen LogP contribution >= 0.6 is 0 Å². The van der Waals surface area contributed by atoms with Crippen LogP contribution in [-0.2, 0) is 9.59 Å². The zero-order chi connectivity index (χ0) is 18.5. The van der Waals surface area contributed by atoms with Gasteiger partial charge in [0.1, 0.15) is 5.52 Å². The molecule has 132 valence electrons. The highest BCUT2D eigenvalue weighted by Crippen LogP contribution is 2.15. The average Bonchev–Trinajstić information content (AvgIpc) is 3.07. The van der Waals surface area contributed by atoms with Crippen molar-refractivity contribution in [2.75, 3.05) is 17.2 Å². The molecule has 0 fully saturated rings. The third kappa shape index (κ3) is 4.20. The van der Waals surface area contributed by atoms with Crippen LogP contribution < -0.4 is 16.0 Å². The van der Waals surface area contributed by atoms with E-state index in [2.05, 4.69) is 31.4 Å². The summed E-state index contributed by atoms with van der Waals surface area (Å²) >= 11 is 0. The second kappa shape index (κ2) is 7.43. The number of carbonyl (C=O) groups excluding carboxylic acids is 3. The molecule has 26 heavy (non-hydrogen) atoms. The number of anilines is 2. The molecule has 0 spiro atoms. The first-order valence-electron chi connectivity index (χ1n) is 7.78. The summed E-state index contributed by atoms with van der Waals surface area (Å²) in [6.45, 7) is 1.21. The van der Waals surface area contributed by atoms with E-state index < -0.39 is 0 Å². The Labute approximate surface area is 148 Å². The Morgan fingerprint density at radius 3 is 2.58 bits per heavy atom. The molecular formula is C17H16N6O3. The topological polar surface area (TPSA) is 129 Å². The summed E-state index contributed by atoms with van der Waals surface area (Å²) < 4.78 is 0. The number of nitrogens with zero attached hydrogens (tertiary/aromatic N) is 2. The summed E-state index contributed by atoms with van der Waals surface area (Å²) in [6.07, 6.45) is 0. The Morgan fingerprint density at radius 2 is 1.81 bits per heavy atom. The van der Waals surface area contributed by atoms with Gasteiger partial charge in [-0.1, -0.05) is 11.3 Å². The number of H-pyrrole nitrogens is 1. The minimum Gasteiger partial charge on any atom is -0.343 e. The maximum absolute atomic E-state index is 12.1. The molecule has 1 aromatic heterocycles. The molecule has 2 aromatic carbocycles. The lowest BCUT2D eigenvalue weighted by atomic mass is 10.2. The molecule has 9 heteroatoms. The molecule has 0 aliphatic carbocycles. The largest absolute Gasteiger partial charge is 0.343 e. The van der Waals surface area contributed by atoms with Crippen LogP contribution in [0.3, 0.4) is 0 Å². The minimum atomic E-state index is -0.386. The number of fused-ring (bicyclic) bond motifs is 1. The van der Waals surface area contributed by atoms with Crippen molar-refractivity contribution in [3.8, 4) is 0 Å². The van der Waals surface area contributed by atoms with Crippen LogP contribution in [0, 0.1) is 0 Å². The molecule has 3 amide bonds. The van der Waals surface area contributed by atoms with Gasteiger partial charge in [-0.2, -0.15) is 0 Å². The predicted molar refractivity (Wildman–Crippen MR) is 95.6 cm³/mol. The zero-order valence-electron chi connectivity index (χ0n) is 13.9. The molecule has 4 N–H and O–H groups in total. The molecule has 0 saturated heterocycles. The van der Waals surface area contributed by atoms with E-state index in [9.17, 15) is 14.4 Å². The number of hydrogen-bond donors (Lipinski definition) is 4. The average molecular weight is 352 g/mol. The van der Waals surface area contributed by atoms with E-state index in [-0.39, 0.29) is 24.3 Å². The lowest BCUT2D eigenvalue weighted by Crippen LogP contribution is -2.32.